The molecule has 0 heterocycles. The zero-order valence-corrected chi connectivity index (χ0v) is 10.9. The number of hydrogen-bond donors (Lipinski definition) is 1. The molecule has 0 bridgehead atoms. The van der Waals surface area contributed by atoms with Gasteiger partial charge in [0.1, 0.15) is 0 Å². The van der Waals surface area contributed by atoms with Crippen molar-refractivity contribution >= 4 is 0 Å². The molecule has 0 aliphatic rings. The van der Waals surface area contributed by atoms with E-state index in [1.54, 1.807) is 0 Å². The van der Waals surface area contributed by atoms with E-state index in [1.165, 1.54) is 0 Å². The largest absolute Gasteiger partial charge is 0.460 e. The van der Waals surface area contributed by atoms with E-state index in [4.69, 9.17) is 5.11 Å². The van der Waals surface area contributed by atoms with Gasteiger partial charge in [0.15, 0.2) is 0 Å². The molecule has 0 fully saturated rings. The molecule has 0 aromatic carbocycles. The van der Waals surface area contributed by atoms with Crippen LogP contribution < -0.4 is 0 Å². The Morgan fingerprint density at radius 3 is 0.654 bits per heavy atom. The number of rotatable bonds is 4. The third-order valence-corrected chi connectivity index (χ3v) is 2.83. The molecular formula is C8HF17O. The van der Waals surface area contributed by atoms with Crippen molar-refractivity contribution in [3.05, 3.63) is 0 Å². The van der Waals surface area contributed by atoms with Crippen LogP contribution in [0.3, 0.4) is 0 Å². The molecule has 0 radical (unpaired) electrons. The summed E-state index contributed by atoms with van der Waals surface area (Å²) in [6.07, 6.45) is -24.0. The van der Waals surface area contributed by atoms with Gasteiger partial charge in [0.05, 0.1) is 0 Å². The van der Waals surface area contributed by atoms with E-state index in [2.05, 4.69) is 0 Å². The van der Waals surface area contributed by atoms with E-state index in [1.807, 2.05) is 0 Å². The number of hydrogen-bond acceptors (Lipinski definition) is 1. The molecule has 1 nitrogen and oxygen atoms in total. The van der Waals surface area contributed by atoms with Crippen LogP contribution in [0.25, 0.3) is 0 Å². The topological polar surface area (TPSA) is 20.2 Å². The predicted molar refractivity (Wildman–Crippen MR) is 42.9 cm³/mol. The van der Waals surface area contributed by atoms with Crippen molar-refractivity contribution in [1.82, 2.24) is 0 Å². The summed E-state index contributed by atoms with van der Waals surface area (Å²) in [5.41, 5.74) is -8.62. The predicted octanol–water partition coefficient (Wildman–Crippen LogP) is 4.95. The van der Waals surface area contributed by atoms with Crippen LogP contribution in [0.5, 0.6) is 0 Å². The lowest BCUT2D eigenvalue weighted by Gasteiger charge is -2.47. The SMILES string of the molecule is OC(C(F)(F)C(F)(F)F)(C(F)(F)C(F)(F)F)C(F)(F)C(F)(F)C(F)(F)F. The minimum atomic E-state index is -8.73. The van der Waals surface area contributed by atoms with Crippen molar-refractivity contribution in [2.45, 2.75) is 47.8 Å². The van der Waals surface area contributed by atoms with Gasteiger partial charge in [0, 0.05) is 0 Å². The van der Waals surface area contributed by atoms with Gasteiger partial charge in [-0.15, -0.1) is 0 Å². The molecule has 0 amide bonds. The fraction of sp³-hybridized carbons (Fsp3) is 1.00. The normalized spacial score (nSPS) is 16.8. The zero-order chi connectivity index (χ0) is 22.0. The van der Waals surface area contributed by atoms with Gasteiger partial charge in [-0.05, 0) is 0 Å². The summed E-state index contributed by atoms with van der Waals surface area (Å²) >= 11 is 0. The van der Waals surface area contributed by atoms with Crippen LogP contribution in [0, 0.1) is 0 Å². The maximum absolute atomic E-state index is 13.1. The Morgan fingerprint density at radius 1 is 0.308 bits per heavy atom. The molecule has 0 rings (SSSR count). The Labute approximate surface area is 129 Å². The number of halogens is 17. The maximum Gasteiger partial charge on any atom is 0.460 e. The minimum absolute atomic E-state index is 7.92. The van der Waals surface area contributed by atoms with Gasteiger partial charge in [-0.3, -0.25) is 0 Å². The molecule has 0 saturated heterocycles. The lowest BCUT2D eigenvalue weighted by Crippen LogP contribution is -2.81. The second-order valence-corrected chi connectivity index (χ2v) is 4.50. The fourth-order valence-electron chi connectivity index (χ4n) is 1.41. The molecule has 0 unspecified atom stereocenters. The van der Waals surface area contributed by atoms with E-state index in [0.717, 1.165) is 0 Å². The summed E-state index contributed by atoms with van der Waals surface area (Å²) < 4.78 is 210. The zero-order valence-electron chi connectivity index (χ0n) is 10.9. The Hall–Kier alpha value is -1.23. The highest BCUT2D eigenvalue weighted by atomic mass is 19.4. The van der Waals surface area contributed by atoms with E-state index < -0.39 is 47.8 Å². The van der Waals surface area contributed by atoms with E-state index in [0.29, 0.717) is 0 Å². The molecule has 0 aromatic rings. The summed E-state index contributed by atoms with van der Waals surface area (Å²) in [4.78, 5) is 0. The van der Waals surface area contributed by atoms with Gasteiger partial charge >= 0.3 is 42.2 Å². The summed E-state index contributed by atoms with van der Waals surface area (Å²) in [6, 6.07) is 0. The van der Waals surface area contributed by atoms with Gasteiger partial charge in [-0.25, -0.2) is 0 Å². The van der Waals surface area contributed by atoms with E-state index in [-0.39, 0.29) is 0 Å². The first-order valence-electron chi connectivity index (χ1n) is 5.19. The third kappa shape index (κ3) is 2.83. The molecule has 26 heavy (non-hydrogen) atoms. The van der Waals surface area contributed by atoms with Crippen molar-refractivity contribution in [2.24, 2.45) is 0 Å². The van der Waals surface area contributed by atoms with Gasteiger partial charge in [-0.1, -0.05) is 0 Å². The molecule has 158 valence electrons. The number of alkyl halides is 17. The van der Waals surface area contributed by atoms with Crippen LogP contribution >= 0.6 is 0 Å². The molecule has 0 aromatic heterocycles. The lowest BCUT2D eigenvalue weighted by molar-refractivity contribution is -0.493. The fourth-order valence-corrected chi connectivity index (χ4v) is 1.41. The first-order valence-corrected chi connectivity index (χ1v) is 5.19. The second-order valence-electron chi connectivity index (χ2n) is 4.50. The lowest BCUT2D eigenvalue weighted by atomic mass is 9.78. The first-order chi connectivity index (χ1) is 10.8. The minimum Gasteiger partial charge on any atom is -0.373 e. The summed E-state index contributed by atoms with van der Waals surface area (Å²) in [6.45, 7) is 0. The van der Waals surface area contributed by atoms with Crippen molar-refractivity contribution in [2.75, 3.05) is 0 Å². The highest BCUT2D eigenvalue weighted by molar-refractivity contribution is 5.20. The molecule has 0 aliphatic heterocycles. The monoisotopic (exact) mass is 436 g/mol. The average molecular weight is 436 g/mol. The molecule has 0 atom stereocenters. The molecule has 18 heteroatoms. The molecule has 1 N–H and O–H groups in total. The van der Waals surface area contributed by atoms with Crippen LogP contribution in [0.15, 0.2) is 0 Å². The van der Waals surface area contributed by atoms with Crippen LogP contribution in [0.4, 0.5) is 74.6 Å². The summed E-state index contributed by atoms with van der Waals surface area (Å²) in [5.74, 6) is -34.1. The van der Waals surface area contributed by atoms with Crippen molar-refractivity contribution in [3.63, 3.8) is 0 Å². The molecule has 0 saturated carbocycles. The Bertz CT molecular complexity index is 492. The van der Waals surface area contributed by atoms with Crippen LogP contribution in [-0.4, -0.2) is 52.9 Å². The highest BCUT2D eigenvalue weighted by Crippen LogP contribution is 2.64. The van der Waals surface area contributed by atoms with Gasteiger partial charge in [0.25, 0.3) is 5.60 Å². The van der Waals surface area contributed by atoms with Gasteiger partial charge < -0.3 is 5.11 Å². The van der Waals surface area contributed by atoms with Crippen molar-refractivity contribution in [1.29, 1.82) is 0 Å². The highest BCUT2D eigenvalue weighted by Gasteiger charge is 2.98. The molecule has 0 aliphatic carbocycles. The Kier molecular flexibility index (Phi) is 5.37. The van der Waals surface area contributed by atoms with Gasteiger partial charge in [-0.2, -0.15) is 74.6 Å². The van der Waals surface area contributed by atoms with Crippen molar-refractivity contribution < 1.29 is 79.7 Å². The van der Waals surface area contributed by atoms with Gasteiger partial charge in [0.2, 0.25) is 0 Å². The average Bonchev–Trinajstić information content (AvgIpc) is 2.32. The molecule has 0 spiro atoms. The maximum atomic E-state index is 13.1. The van der Waals surface area contributed by atoms with Crippen LogP contribution in [-0.2, 0) is 0 Å². The second kappa shape index (κ2) is 5.63. The van der Waals surface area contributed by atoms with Crippen LogP contribution in [0.1, 0.15) is 0 Å². The van der Waals surface area contributed by atoms with Crippen molar-refractivity contribution in [3.8, 4) is 0 Å². The summed E-state index contributed by atoms with van der Waals surface area (Å²) in [5, 5.41) is 8.29. The van der Waals surface area contributed by atoms with E-state index >= 15 is 0 Å². The Morgan fingerprint density at radius 2 is 0.500 bits per heavy atom. The smallest absolute Gasteiger partial charge is 0.373 e. The first kappa shape index (κ1) is 24.8. The van der Waals surface area contributed by atoms with Crippen LogP contribution in [0.2, 0.25) is 0 Å². The van der Waals surface area contributed by atoms with E-state index in [9.17, 15) is 74.6 Å². The standard InChI is InChI=1S/C8HF17O/c9-2(10,5(15,16)8(23,24)25)1(26,3(11,12)6(17,18)19)4(13,14)7(20,21)22/h26H. The quantitative estimate of drug-likeness (QED) is 0.619. The Balaban J connectivity index is 7.27. The third-order valence-electron chi connectivity index (χ3n) is 2.83. The molecular weight excluding hydrogens is 435 g/mol. The number of aliphatic hydroxyl groups is 1. The summed E-state index contributed by atoms with van der Waals surface area (Å²) in [7, 11) is 0.